The van der Waals surface area contributed by atoms with Crippen LogP contribution in [0.5, 0.6) is 11.5 Å². The molecule has 10 nitrogen and oxygen atoms in total. The Morgan fingerprint density at radius 3 is 2.29 bits per heavy atom. The van der Waals surface area contributed by atoms with Gasteiger partial charge in [0.1, 0.15) is 11.5 Å². The molecule has 0 aliphatic heterocycles. The summed E-state index contributed by atoms with van der Waals surface area (Å²) in [4.78, 5) is 41.9. The molecule has 11 heteroatoms. The minimum absolute atomic E-state index is 0.0103. The van der Waals surface area contributed by atoms with E-state index in [1.54, 1.807) is 73.7 Å². The second-order valence-electron chi connectivity index (χ2n) is 8.30. The Kier molecular flexibility index (Phi) is 8.12. The third-order valence-electron chi connectivity index (χ3n) is 5.70. The molecule has 1 aromatic heterocycles. The fraction of sp³-hybridized carbons (Fsp3) is 0.185. The van der Waals surface area contributed by atoms with Gasteiger partial charge in [-0.05, 0) is 66.6 Å². The van der Waals surface area contributed by atoms with Crippen LogP contribution in [0.25, 0.3) is 0 Å². The average molecular weight is 536 g/mol. The Hall–Kier alpha value is -4.57. The lowest BCUT2D eigenvalue weighted by Crippen LogP contribution is -2.57. The topological polar surface area (TPSA) is 123 Å². The van der Waals surface area contributed by atoms with E-state index in [0.717, 1.165) is 20.4 Å². The van der Waals surface area contributed by atoms with Crippen molar-refractivity contribution in [2.24, 2.45) is 4.99 Å². The highest BCUT2D eigenvalue weighted by molar-refractivity contribution is 6.30. The zero-order valence-electron chi connectivity index (χ0n) is 20.8. The van der Waals surface area contributed by atoms with Gasteiger partial charge in [-0.25, -0.2) is 19.1 Å². The van der Waals surface area contributed by atoms with Gasteiger partial charge in [0.2, 0.25) is 5.62 Å². The highest BCUT2D eigenvalue weighted by Gasteiger charge is 2.13. The van der Waals surface area contributed by atoms with Crippen molar-refractivity contribution in [1.82, 2.24) is 13.8 Å². The molecule has 0 bridgehead atoms. The van der Waals surface area contributed by atoms with Gasteiger partial charge in [0.15, 0.2) is 0 Å². The summed E-state index contributed by atoms with van der Waals surface area (Å²) in [5.41, 5.74) is 0.786. The average Bonchev–Trinajstić information content (AvgIpc) is 2.92. The van der Waals surface area contributed by atoms with Crippen LogP contribution in [0, 0.1) is 0 Å². The molecule has 3 aromatic carbocycles. The fourth-order valence-electron chi connectivity index (χ4n) is 3.75. The summed E-state index contributed by atoms with van der Waals surface area (Å²) in [6.45, 7) is 1.98. The van der Waals surface area contributed by atoms with Crippen LogP contribution in [0.1, 0.15) is 18.1 Å². The smallest absolute Gasteiger partial charge is 0.353 e. The van der Waals surface area contributed by atoms with E-state index in [1.165, 1.54) is 11.7 Å². The Balaban J connectivity index is 1.68. The Morgan fingerprint density at radius 1 is 0.921 bits per heavy atom. The summed E-state index contributed by atoms with van der Waals surface area (Å²) < 4.78 is 13.8. The number of aromatic nitrogens is 3. The highest BCUT2D eigenvalue weighted by Crippen LogP contribution is 2.25. The van der Waals surface area contributed by atoms with E-state index >= 15 is 0 Å². The minimum atomic E-state index is -0.671. The number of carbonyl (C=O) groups excluding carboxylic acids is 1. The van der Waals surface area contributed by atoms with Crippen molar-refractivity contribution >= 4 is 23.3 Å². The first-order valence-corrected chi connectivity index (χ1v) is 12.1. The van der Waals surface area contributed by atoms with E-state index in [0.29, 0.717) is 22.2 Å². The van der Waals surface area contributed by atoms with E-state index in [4.69, 9.17) is 26.9 Å². The third kappa shape index (κ3) is 6.04. The maximum absolute atomic E-state index is 13.1. The maximum atomic E-state index is 13.1. The van der Waals surface area contributed by atoms with Gasteiger partial charge in [-0.1, -0.05) is 35.9 Å². The molecule has 1 heterocycles. The van der Waals surface area contributed by atoms with Crippen LogP contribution >= 0.6 is 11.6 Å². The van der Waals surface area contributed by atoms with E-state index in [9.17, 15) is 14.4 Å². The SMILES string of the molecule is CCn1c(=O)n(N)c(=Nc2ccc(Oc3cccc(CC(=O)OC)c3)cc2)n(Cc2ccc(Cl)cc2)c1=O. The molecule has 0 saturated carbocycles. The molecule has 38 heavy (non-hydrogen) atoms. The van der Waals surface area contributed by atoms with Crippen LogP contribution in [0.2, 0.25) is 5.02 Å². The summed E-state index contributed by atoms with van der Waals surface area (Å²) in [7, 11) is 1.34. The number of benzene rings is 3. The van der Waals surface area contributed by atoms with Crippen molar-refractivity contribution in [2.75, 3.05) is 13.0 Å². The largest absolute Gasteiger partial charge is 0.469 e. The van der Waals surface area contributed by atoms with Gasteiger partial charge in [0.25, 0.3) is 0 Å². The lowest BCUT2D eigenvalue weighted by Gasteiger charge is -2.13. The second kappa shape index (κ2) is 11.7. The van der Waals surface area contributed by atoms with E-state index in [-0.39, 0.29) is 31.1 Å². The van der Waals surface area contributed by atoms with Crippen molar-refractivity contribution in [3.05, 3.63) is 116 Å². The van der Waals surface area contributed by atoms with Gasteiger partial charge >= 0.3 is 17.3 Å². The Morgan fingerprint density at radius 2 is 1.63 bits per heavy atom. The molecule has 0 spiro atoms. The molecule has 0 saturated heterocycles. The van der Waals surface area contributed by atoms with Gasteiger partial charge in [0, 0.05) is 11.6 Å². The zero-order chi connectivity index (χ0) is 27.2. The van der Waals surface area contributed by atoms with Crippen molar-refractivity contribution < 1.29 is 14.3 Å². The number of hydrogen-bond donors (Lipinski definition) is 1. The number of hydrogen-bond acceptors (Lipinski definition) is 7. The highest BCUT2D eigenvalue weighted by atomic mass is 35.5. The van der Waals surface area contributed by atoms with Crippen LogP contribution in [0.4, 0.5) is 5.69 Å². The first kappa shape index (κ1) is 26.5. The molecule has 0 amide bonds. The number of esters is 1. The fourth-order valence-corrected chi connectivity index (χ4v) is 3.88. The van der Waals surface area contributed by atoms with Crippen LogP contribution in [0.15, 0.2) is 87.4 Å². The third-order valence-corrected chi connectivity index (χ3v) is 5.95. The number of rotatable bonds is 8. The van der Waals surface area contributed by atoms with E-state index < -0.39 is 11.4 Å². The molecule has 0 aliphatic carbocycles. The van der Waals surface area contributed by atoms with Crippen LogP contribution < -0.4 is 27.6 Å². The summed E-state index contributed by atoms with van der Waals surface area (Å²) in [5.74, 6) is 6.83. The molecule has 0 aliphatic rings. The predicted molar refractivity (Wildman–Crippen MR) is 143 cm³/mol. The molecule has 0 atom stereocenters. The van der Waals surface area contributed by atoms with Crippen molar-refractivity contribution in [1.29, 1.82) is 0 Å². The lowest BCUT2D eigenvalue weighted by molar-refractivity contribution is -0.139. The van der Waals surface area contributed by atoms with Gasteiger partial charge < -0.3 is 15.3 Å². The lowest BCUT2D eigenvalue weighted by atomic mass is 10.1. The number of nitrogens with zero attached hydrogens (tertiary/aromatic N) is 4. The first-order chi connectivity index (χ1) is 18.3. The first-order valence-electron chi connectivity index (χ1n) is 11.7. The monoisotopic (exact) mass is 535 g/mol. The normalized spacial score (nSPS) is 11.4. The standard InChI is InChI=1S/C27H26ClN5O5/c1-3-31-26(35)32(17-18-7-9-20(28)10-8-18)25(33(29)27(31)36)30-21-11-13-22(14-12-21)38-23-6-4-5-19(15-23)16-24(34)37-2/h4-15H,3,16-17,29H2,1-2H3. The van der Waals surface area contributed by atoms with Crippen molar-refractivity contribution in [2.45, 2.75) is 26.4 Å². The van der Waals surface area contributed by atoms with E-state index in [1.807, 2.05) is 6.07 Å². The second-order valence-corrected chi connectivity index (χ2v) is 8.74. The van der Waals surface area contributed by atoms with E-state index in [2.05, 4.69) is 4.99 Å². The molecular formula is C27H26ClN5O5. The van der Waals surface area contributed by atoms with Gasteiger partial charge in [-0.15, -0.1) is 0 Å². The molecule has 0 radical (unpaired) electrons. The predicted octanol–water partition coefficient (Wildman–Crippen LogP) is 2.99. The molecule has 4 aromatic rings. The number of nitrogens with two attached hydrogens (primary N) is 1. The molecule has 4 rings (SSSR count). The van der Waals surface area contributed by atoms with Gasteiger partial charge in [-0.3, -0.25) is 9.36 Å². The maximum Gasteiger partial charge on any atom is 0.353 e. The quantitative estimate of drug-likeness (QED) is 0.273. The number of ether oxygens (including phenoxy) is 2. The molecule has 196 valence electrons. The number of nitrogen functional groups attached to an aromatic ring is 1. The summed E-state index contributed by atoms with van der Waals surface area (Å²) >= 11 is 5.99. The zero-order valence-corrected chi connectivity index (χ0v) is 21.6. The Bertz CT molecular complexity index is 1640. The number of methoxy groups -OCH3 is 1. The van der Waals surface area contributed by atoms with Crippen molar-refractivity contribution in [3.8, 4) is 11.5 Å². The number of carbonyl (C=O) groups is 1. The molecule has 0 unspecified atom stereocenters. The molecule has 2 N–H and O–H groups in total. The van der Waals surface area contributed by atoms with Crippen LogP contribution in [-0.2, 0) is 29.0 Å². The van der Waals surface area contributed by atoms with Gasteiger partial charge in [0.05, 0.1) is 25.8 Å². The molecule has 0 fully saturated rings. The van der Waals surface area contributed by atoms with Crippen LogP contribution in [0.3, 0.4) is 0 Å². The summed E-state index contributed by atoms with van der Waals surface area (Å²) in [6.07, 6.45) is 0.138. The Labute approximate surface area is 222 Å². The van der Waals surface area contributed by atoms with Crippen molar-refractivity contribution in [3.63, 3.8) is 0 Å². The summed E-state index contributed by atoms with van der Waals surface area (Å²) in [5, 5.41) is 0.566. The van der Waals surface area contributed by atoms with Crippen LogP contribution in [-0.4, -0.2) is 26.9 Å². The summed E-state index contributed by atoms with van der Waals surface area (Å²) in [6, 6.07) is 20.9. The van der Waals surface area contributed by atoms with Gasteiger partial charge in [-0.2, -0.15) is 4.68 Å². The molecular weight excluding hydrogens is 510 g/mol. The number of halogens is 1. The minimum Gasteiger partial charge on any atom is -0.469 e.